The number of carbonyl (C=O) groups excluding carboxylic acids is 1. The first-order valence-electron chi connectivity index (χ1n) is 6.66. The molecule has 0 N–H and O–H groups in total. The van der Waals surface area contributed by atoms with Crippen LogP contribution < -0.4 is 14.8 Å². The van der Waals surface area contributed by atoms with Gasteiger partial charge in [-0.25, -0.2) is 0 Å². The molecule has 0 aromatic heterocycles. The van der Waals surface area contributed by atoms with Gasteiger partial charge in [-0.2, -0.15) is 0 Å². The van der Waals surface area contributed by atoms with Gasteiger partial charge in [-0.1, -0.05) is 18.2 Å². The Kier molecular flexibility index (Phi) is 4.98. The van der Waals surface area contributed by atoms with Crippen LogP contribution in [0.15, 0.2) is 36.4 Å². The largest absolute Gasteiger partial charge is 0.497 e. The summed E-state index contributed by atoms with van der Waals surface area (Å²) in [6.07, 6.45) is 0. The predicted octanol–water partition coefficient (Wildman–Crippen LogP) is 3.46. The summed E-state index contributed by atoms with van der Waals surface area (Å²) in [4.78, 5) is 12.6. The molecule has 0 aliphatic rings. The highest BCUT2D eigenvalue weighted by molar-refractivity contribution is 7.66. The van der Waals surface area contributed by atoms with Gasteiger partial charge in [0.15, 0.2) is 5.52 Å². The van der Waals surface area contributed by atoms with Gasteiger partial charge in [0.05, 0.1) is 14.2 Å². The van der Waals surface area contributed by atoms with E-state index in [0.29, 0.717) is 5.75 Å². The van der Waals surface area contributed by atoms with E-state index in [1.54, 1.807) is 20.3 Å². The molecule has 0 bridgehead atoms. The van der Waals surface area contributed by atoms with Crippen molar-refractivity contribution in [2.75, 3.05) is 14.2 Å². The summed E-state index contributed by atoms with van der Waals surface area (Å²) in [6, 6.07) is 11.5. The van der Waals surface area contributed by atoms with Crippen LogP contribution in [0.4, 0.5) is 0 Å². The lowest BCUT2D eigenvalue weighted by atomic mass is 10.0. The summed E-state index contributed by atoms with van der Waals surface area (Å²) >= 11 is 0. The van der Waals surface area contributed by atoms with E-state index in [-0.39, 0.29) is 14.1 Å². The topological polar surface area (TPSA) is 35.5 Å². The van der Waals surface area contributed by atoms with E-state index in [2.05, 4.69) is 0 Å². The smallest absolute Gasteiger partial charge is 0.186 e. The van der Waals surface area contributed by atoms with Crippen molar-refractivity contribution in [2.24, 2.45) is 0 Å². The maximum Gasteiger partial charge on any atom is 0.186 e. The van der Waals surface area contributed by atoms with E-state index < -0.39 is 0 Å². The minimum absolute atomic E-state index is 0.0324. The zero-order valence-corrected chi connectivity index (χ0v) is 13.7. The van der Waals surface area contributed by atoms with Crippen LogP contribution in [-0.2, 0) is 0 Å². The summed E-state index contributed by atoms with van der Waals surface area (Å²) in [6.45, 7) is 3.94. The molecule has 0 fully saturated rings. The van der Waals surface area contributed by atoms with Crippen LogP contribution in [0, 0.1) is 13.8 Å². The molecular weight excluding hydrogens is 283 g/mol. The third-order valence-corrected chi connectivity index (χ3v) is 4.52. The molecule has 0 aliphatic heterocycles. The minimum atomic E-state index is 0.0324. The average molecular weight is 302 g/mol. The average Bonchev–Trinajstić information content (AvgIpc) is 2.47. The summed E-state index contributed by atoms with van der Waals surface area (Å²) in [7, 11) is 3.25. The maximum atomic E-state index is 12.6. The Bertz CT molecular complexity index is 645. The van der Waals surface area contributed by atoms with Crippen molar-refractivity contribution in [1.82, 2.24) is 0 Å². The Balaban J connectivity index is 2.32. The normalized spacial score (nSPS) is 10.9. The van der Waals surface area contributed by atoms with Crippen molar-refractivity contribution < 1.29 is 14.3 Å². The van der Waals surface area contributed by atoms with Gasteiger partial charge < -0.3 is 9.47 Å². The fraction of sp³-hybridized carbons (Fsp3) is 0.235. The number of hydrogen-bond donors (Lipinski definition) is 0. The van der Waals surface area contributed by atoms with E-state index in [1.807, 2.05) is 44.2 Å². The SMILES string of the molecule is COc1ccc(PC(=O)c2c(C)cccc2C)c(OC)c1. The van der Waals surface area contributed by atoms with Crippen molar-refractivity contribution >= 4 is 19.4 Å². The molecule has 4 heteroatoms. The molecule has 2 aromatic rings. The van der Waals surface area contributed by atoms with E-state index in [0.717, 1.165) is 27.7 Å². The highest BCUT2D eigenvalue weighted by Crippen LogP contribution is 2.29. The molecule has 1 unspecified atom stereocenters. The highest BCUT2D eigenvalue weighted by atomic mass is 31.1. The molecule has 0 aliphatic carbocycles. The fourth-order valence-corrected chi connectivity index (χ4v) is 3.49. The maximum absolute atomic E-state index is 12.6. The van der Waals surface area contributed by atoms with Gasteiger partial charge in [-0.3, -0.25) is 4.79 Å². The first kappa shape index (κ1) is 15.5. The number of aryl methyl sites for hydroxylation is 2. The Morgan fingerprint density at radius 2 is 1.67 bits per heavy atom. The number of ether oxygens (including phenoxy) is 2. The molecule has 2 aromatic carbocycles. The molecule has 2 rings (SSSR count). The summed E-state index contributed by atoms with van der Waals surface area (Å²) < 4.78 is 10.5. The highest BCUT2D eigenvalue weighted by Gasteiger charge is 2.15. The van der Waals surface area contributed by atoms with Gasteiger partial charge >= 0.3 is 0 Å². The summed E-state index contributed by atoms with van der Waals surface area (Å²) in [5.41, 5.74) is 2.97. The molecule has 3 nitrogen and oxygen atoms in total. The second-order valence-electron chi connectivity index (χ2n) is 4.79. The Morgan fingerprint density at radius 1 is 1.00 bits per heavy atom. The fourth-order valence-electron chi connectivity index (χ4n) is 2.26. The minimum Gasteiger partial charge on any atom is -0.497 e. The Morgan fingerprint density at radius 3 is 2.24 bits per heavy atom. The number of methoxy groups -OCH3 is 2. The lowest BCUT2D eigenvalue weighted by molar-refractivity contribution is 0.108. The van der Waals surface area contributed by atoms with Crippen LogP contribution in [0.1, 0.15) is 21.5 Å². The zero-order valence-electron chi connectivity index (χ0n) is 12.7. The molecule has 0 heterocycles. The molecule has 21 heavy (non-hydrogen) atoms. The second-order valence-corrected chi connectivity index (χ2v) is 6.03. The monoisotopic (exact) mass is 302 g/mol. The predicted molar refractivity (Wildman–Crippen MR) is 87.7 cm³/mol. The zero-order chi connectivity index (χ0) is 15.4. The standard InChI is InChI=1S/C17H19O3P/c1-11-6-5-7-12(2)16(11)17(18)21-15-9-8-13(19-3)10-14(15)20-4/h5-10,21H,1-4H3. The Hall–Kier alpha value is -1.86. The lowest BCUT2D eigenvalue weighted by Crippen LogP contribution is -2.07. The van der Waals surface area contributed by atoms with E-state index >= 15 is 0 Å². The van der Waals surface area contributed by atoms with E-state index in [1.165, 1.54) is 0 Å². The summed E-state index contributed by atoms with van der Waals surface area (Å²) in [5.74, 6) is 1.41. The number of hydrogen-bond acceptors (Lipinski definition) is 3. The van der Waals surface area contributed by atoms with Gasteiger partial charge in [-0.05, 0) is 45.7 Å². The van der Waals surface area contributed by atoms with Crippen molar-refractivity contribution in [2.45, 2.75) is 13.8 Å². The quantitative estimate of drug-likeness (QED) is 0.793. The lowest BCUT2D eigenvalue weighted by Gasteiger charge is -2.12. The number of carbonyl (C=O) groups is 1. The summed E-state index contributed by atoms with van der Waals surface area (Å²) in [5, 5.41) is 0.894. The third-order valence-electron chi connectivity index (χ3n) is 3.37. The molecule has 0 spiro atoms. The van der Waals surface area contributed by atoms with Crippen LogP contribution in [0.2, 0.25) is 0 Å². The van der Waals surface area contributed by atoms with Gasteiger partial charge in [0.1, 0.15) is 11.5 Å². The van der Waals surface area contributed by atoms with Crippen molar-refractivity contribution in [3.63, 3.8) is 0 Å². The van der Waals surface area contributed by atoms with Crippen LogP contribution in [0.3, 0.4) is 0 Å². The third kappa shape index (κ3) is 3.43. The first-order chi connectivity index (χ1) is 10.1. The van der Waals surface area contributed by atoms with Gasteiger partial charge in [0.2, 0.25) is 0 Å². The van der Waals surface area contributed by atoms with Crippen LogP contribution >= 0.6 is 8.58 Å². The molecule has 110 valence electrons. The van der Waals surface area contributed by atoms with Crippen molar-refractivity contribution in [3.05, 3.63) is 53.1 Å². The van der Waals surface area contributed by atoms with Crippen molar-refractivity contribution in [1.29, 1.82) is 0 Å². The number of benzene rings is 2. The van der Waals surface area contributed by atoms with E-state index in [9.17, 15) is 4.79 Å². The molecule has 1 atom stereocenters. The first-order valence-corrected chi connectivity index (χ1v) is 7.66. The van der Waals surface area contributed by atoms with Crippen LogP contribution in [0.5, 0.6) is 11.5 Å². The van der Waals surface area contributed by atoms with E-state index in [4.69, 9.17) is 9.47 Å². The molecular formula is C17H19O3P. The Labute approximate surface area is 127 Å². The van der Waals surface area contributed by atoms with Gasteiger partial charge in [-0.15, -0.1) is 0 Å². The number of rotatable bonds is 5. The van der Waals surface area contributed by atoms with Crippen molar-refractivity contribution in [3.8, 4) is 11.5 Å². The molecule has 0 radical (unpaired) electrons. The van der Waals surface area contributed by atoms with Gasteiger partial charge in [0.25, 0.3) is 0 Å². The second kappa shape index (κ2) is 6.73. The molecule has 0 amide bonds. The van der Waals surface area contributed by atoms with Crippen LogP contribution in [0.25, 0.3) is 0 Å². The molecule has 0 saturated heterocycles. The van der Waals surface area contributed by atoms with Gasteiger partial charge in [0, 0.05) is 16.9 Å². The van der Waals surface area contributed by atoms with Crippen LogP contribution in [-0.4, -0.2) is 19.7 Å². The molecule has 0 saturated carbocycles.